The molecule has 0 spiro atoms. The lowest BCUT2D eigenvalue weighted by molar-refractivity contribution is 0.440. The molecule has 0 saturated carbocycles. The zero-order valence-corrected chi connectivity index (χ0v) is 10.0. The Morgan fingerprint density at radius 1 is 1.33 bits per heavy atom. The van der Waals surface area contributed by atoms with Crippen molar-refractivity contribution in [3.8, 4) is 0 Å². The highest BCUT2D eigenvalue weighted by Crippen LogP contribution is 2.31. The van der Waals surface area contributed by atoms with Gasteiger partial charge in [-0.05, 0) is 29.6 Å². The van der Waals surface area contributed by atoms with Crippen molar-refractivity contribution in [2.24, 2.45) is 5.84 Å². The molecule has 0 amide bonds. The van der Waals surface area contributed by atoms with Crippen LogP contribution >= 0.6 is 35.1 Å². The van der Waals surface area contributed by atoms with Crippen molar-refractivity contribution in [3.05, 3.63) is 44.9 Å². The van der Waals surface area contributed by atoms with Gasteiger partial charge in [0.05, 0.1) is 0 Å². The van der Waals surface area contributed by atoms with Gasteiger partial charge >= 0.3 is 0 Å². The molecule has 3 nitrogen and oxygen atoms in total. The van der Waals surface area contributed by atoms with E-state index in [9.17, 15) is 0 Å². The van der Waals surface area contributed by atoms with Gasteiger partial charge in [-0.1, -0.05) is 33.8 Å². The molecular weight excluding hydrogens is 253 g/mol. The largest absolute Gasteiger partial charge is 0.302 e. The van der Waals surface area contributed by atoms with Crippen molar-refractivity contribution in [3.63, 3.8) is 0 Å². The highest BCUT2D eigenvalue weighted by Gasteiger charge is 2.14. The molecule has 0 aromatic heterocycles. The Bertz CT molecular complexity index is 388. The molecule has 0 fully saturated rings. The summed E-state index contributed by atoms with van der Waals surface area (Å²) in [4.78, 5) is 1.08. The van der Waals surface area contributed by atoms with Crippen molar-refractivity contribution in [1.82, 2.24) is 9.95 Å². The third-order valence-electron chi connectivity index (χ3n) is 1.98. The lowest BCUT2D eigenvalue weighted by Gasteiger charge is -2.08. The number of benzene rings is 1. The van der Waals surface area contributed by atoms with Crippen LogP contribution in [-0.4, -0.2) is 4.52 Å². The van der Waals surface area contributed by atoms with Gasteiger partial charge in [0.15, 0.2) is 0 Å². The maximum Gasteiger partial charge on any atom is 0.0456 e. The second kappa shape index (κ2) is 4.63. The monoisotopic (exact) mass is 261 g/mol. The van der Waals surface area contributed by atoms with E-state index < -0.39 is 0 Å². The Kier molecular flexibility index (Phi) is 3.43. The molecule has 1 aromatic rings. The van der Waals surface area contributed by atoms with Gasteiger partial charge in [0.2, 0.25) is 0 Å². The van der Waals surface area contributed by atoms with Gasteiger partial charge in [0.1, 0.15) is 0 Å². The number of allylic oxidation sites excluding steroid dienone is 1. The van der Waals surface area contributed by atoms with E-state index in [0.29, 0.717) is 16.5 Å². The molecule has 0 radical (unpaired) electrons. The Morgan fingerprint density at radius 3 is 2.53 bits per heavy atom. The minimum absolute atomic E-state index is 0.680. The highest BCUT2D eigenvalue weighted by molar-refractivity contribution is 8.00. The predicted molar refractivity (Wildman–Crippen MR) is 65.0 cm³/mol. The van der Waals surface area contributed by atoms with Crippen LogP contribution < -0.4 is 11.3 Å². The predicted octanol–water partition coefficient (Wildman–Crippen LogP) is 2.72. The van der Waals surface area contributed by atoms with E-state index in [1.165, 1.54) is 16.5 Å². The van der Waals surface area contributed by atoms with Crippen LogP contribution in [0.4, 0.5) is 0 Å². The number of nitrogens with zero attached hydrogens (tertiary/aromatic N) is 1. The molecule has 1 aliphatic heterocycles. The first kappa shape index (κ1) is 11.1. The summed E-state index contributed by atoms with van der Waals surface area (Å²) in [5.41, 5.74) is 3.78. The van der Waals surface area contributed by atoms with Crippen LogP contribution in [0.25, 0.3) is 0 Å². The normalized spacial score (nSPS) is 16.3. The molecule has 0 unspecified atom stereocenters. The second-order valence-corrected chi connectivity index (χ2v) is 4.95. The van der Waals surface area contributed by atoms with Gasteiger partial charge < -0.3 is 5.43 Å². The minimum atomic E-state index is 0.680. The third-order valence-corrected chi connectivity index (χ3v) is 3.49. The van der Waals surface area contributed by atoms with E-state index in [4.69, 9.17) is 29.0 Å². The molecule has 1 heterocycles. The number of hydrogen-bond donors (Lipinski definition) is 2. The number of hydrazine groups is 2. The Morgan fingerprint density at radius 2 is 2.00 bits per heavy atom. The van der Waals surface area contributed by atoms with Crippen LogP contribution in [0.3, 0.4) is 0 Å². The highest BCUT2D eigenvalue weighted by atomic mass is 35.5. The topological polar surface area (TPSA) is 41.3 Å². The lowest BCUT2D eigenvalue weighted by atomic mass is 10.1. The van der Waals surface area contributed by atoms with Crippen LogP contribution in [0, 0.1) is 0 Å². The summed E-state index contributed by atoms with van der Waals surface area (Å²) in [5, 5.41) is 1.36. The molecule has 0 atom stereocenters. The van der Waals surface area contributed by atoms with Crippen molar-refractivity contribution in [1.29, 1.82) is 0 Å². The molecule has 1 aromatic carbocycles. The number of halogens is 2. The summed E-state index contributed by atoms with van der Waals surface area (Å²) in [5.74, 6) is 5.52. The molecule has 80 valence electrons. The standard InChI is InChI=1S/C9H9Cl2N3S/c10-8-2-1-3-9(11)7(8)4-6-5-13-14(12)15-6/h1-3,5,13H,4,12H2. The van der Waals surface area contributed by atoms with E-state index in [1.807, 2.05) is 24.4 Å². The average molecular weight is 262 g/mol. The van der Waals surface area contributed by atoms with Crippen LogP contribution in [0.15, 0.2) is 29.3 Å². The Labute approximate surface area is 102 Å². The number of hydrogen-bond acceptors (Lipinski definition) is 4. The van der Waals surface area contributed by atoms with Gasteiger partial charge in [-0.2, -0.15) is 0 Å². The van der Waals surface area contributed by atoms with Crippen LogP contribution in [0.2, 0.25) is 10.0 Å². The van der Waals surface area contributed by atoms with Gasteiger partial charge in [-0.25, -0.2) is 5.84 Å². The van der Waals surface area contributed by atoms with Crippen molar-refractivity contribution in [2.75, 3.05) is 0 Å². The van der Waals surface area contributed by atoms with Gasteiger partial charge in [0, 0.05) is 27.6 Å². The molecule has 0 saturated heterocycles. The quantitative estimate of drug-likeness (QED) is 0.635. The van der Waals surface area contributed by atoms with Gasteiger partial charge in [-0.3, -0.25) is 0 Å². The Balaban J connectivity index is 2.18. The first-order valence-corrected chi connectivity index (χ1v) is 5.80. The van der Waals surface area contributed by atoms with Crippen molar-refractivity contribution >= 4 is 35.1 Å². The van der Waals surface area contributed by atoms with E-state index in [1.54, 1.807) is 0 Å². The molecule has 15 heavy (non-hydrogen) atoms. The van der Waals surface area contributed by atoms with Crippen LogP contribution in [0.1, 0.15) is 5.56 Å². The van der Waals surface area contributed by atoms with Crippen molar-refractivity contribution < 1.29 is 0 Å². The maximum atomic E-state index is 6.06. The van der Waals surface area contributed by atoms with Crippen LogP contribution in [-0.2, 0) is 6.42 Å². The number of nitrogens with one attached hydrogen (secondary N) is 1. The van der Waals surface area contributed by atoms with E-state index in [-0.39, 0.29) is 0 Å². The Hall–Kier alpha value is -0.390. The number of nitrogens with two attached hydrogens (primary N) is 1. The SMILES string of the molecule is NN1NC=C(Cc2c(Cl)cccc2Cl)S1. The summed E-state index contributed by atoms with van der Waals surface area (Å²) in [6, 6.07) is 5.49. The number of rotatable bonds is 2. The summed E-state index contributed by atoms with van der Waals surface area (Å²) < 4.78 is 1.43. The fraction of sp³-hybridized carbons (Fsp3) is 0.111. The smallest absolute Gasteiger partial charge is 0.0456 e. The first-order chi connectivity index (χ1) is 7.16. The minimum Gasteiger partial charge on any atom is -0.302 e. The third kappa shape index (κ3) is 2.59. The molecule has 3 N–H and O–H groups in total. The molecule has 1 aliphatic rings. The first-order valence-electron chi connectivity index (χ1n) is 4.27. The molecule has 2 rings (SSSR count). The lowest BCUT2D eigenvalue weighted by Crippen LogP contribution is -2.30. The maximum absolute atomic E-state index is 6.06. The van der Waals surface area contributed by atoms with Crippen molar-refractivity contribution in [2.45, 2.75) is 6.42 Å². The molecule has 0 bridgehead atoms. The summed E-state index contributed by atoms with van der Waals surface area (Å²) >= 11 is 13.5. The molecular formula is C9H9Cl2N3S. The zero-order valence-electron chi connectivity index (χ0n) is 7.71. The second-order valence-electron chi connectivity index (χ2n) is 3.03. The van der Waals surface area contributed by atoms with Gasteiger partial charge in [0.25, 0.3) is 0 Å². The summed E-state index contributed by atoms with van der Waals surface area (Å²) in [6.45, 7) is 0. The summed E-state index contributed by atoms with van der Waals surface area (Å²) in [6.07, 6.45) is 2.52. The fourth-order valence-electron chi connectivity index (χ4n) is 1.27. The van der Waals surface area contributed by atoms with E-state index >= 15 is 0 Å². The molecule has 6 heteroatoms. The zero-order chi connectivity index (χ0) is 10.8. The van der Waals surface area contributed by atoms with E-state index in [2.05, 4.69) is 5.43 Å². The summed E-state index contributed by atoms with van der Waals surface area (Å²) in [7, 11) is 0. The fourth-order valence-corrected chi connectivity index (χ4v) is 2.48. The average Bonchev–Trinajstić information content (AvgIpc) is 2.58. The van der Waals surface area contributed by atoms with Gasteiger partial charge in [-0.15, -0.1) is 0 Å². The molecule has 0 aliphatic carbocycles. The van der Waals surface area contributed by atoms with E-state index in [0.717, 1.165) is 10.5 Å². The van der Waals surface area contributed by atoms with Crippen LogP contribution in [0.5, 0.6) is 0 Å².